The summed E-state index contributed by atoms with van der Waals surface area (Å²) in [6.45, 7) is 3.46. The van der Waals surface area contributed by atoms with Crippen molar-refractivity contribution in [3.63, 3.8) is 0 Å². The Balaban J connectivity index is 1.64. The molecule has 4 atom stereocenters. The SMILES string of the molecule is COC(=O)[C@]12COc3ccc4ccccc4c3[C@H]1N1CCCC[C@@H]1[C@H]2c1ccc(C)cc1. The van der Waals surface area contributed by atoms with Crippen molar-refractivity contribution in [2.45, 2.75) is 44.2 Å². The van der Waals surface area contributed by atoms with Crippen LogP contribution in [0, 0.1) is 12.3 Å². The number of fused-ring (bicyclic) bond motifs is 7. The molecule has 0 saturated carbocycles. The number of esters is 1. The van der Waals surface area contributed by atoms with Crippen molar-refractivity contribution < 1.29 is 14.3 Å². The fraction of sp³-hybridized carbons (Fsp3) is 0.393. The smallest absolute Gasteiger partial charge is 0.317 e. The van der Waals surface area contributed by atoms with E-state index in [0.717, 1.165) is 30.7 Å². The van der Waals surface area contributed by atoms with Crippen molar-refractivity contribution in [2.24, 2.45) is 5.41 Å². The fourth-order valence-corrected chi connectivity index (χ4v) is 6.72. The Kier molecular flexibility index (Phi) is 4.55. The minimum Gasteiger partial charge on any atom is -0.492 e. The number of aryl methyl sites for hydroxylation is 1. The van der Waals surface area contributed by atoms with E-state index in [4.69, 9.17) is 9.47 Å². The first-order valence-corrected chi connectivity index (χ1v) is 11.7. The van der Waals surface area contributed by atoms with Gasteiger partial charge in [0.05, 0.1) is 13.2 Å². The molecule has 32 heavy (non-hydrogen) atoms. The minimum absolute atomic E-state index is 0.0352. The molecule has 0 aromatic heterocycles. The average molecular weight is 428 g/mol. The van der Waals surface area contributed by atoms with Crippen LogP contribution in [0.25, 0.3) is 10.8 Å². The van der Waals surface area contributed by atoms with Crippen molar-refractivity contribution in [3.8, 4) is 5.75 Å². The maximum atomic E-state index is 13.8. The lowest BCUT2D eigenvalue weighted by Gasteiger charge is -2.43. The maximum absolute atomic E-state index is 13.8. The first-order chi connectivity index (χ1) is 15.6. The summed E-state index contributed by atoms with van der Waals surface area (Å²) in [5.74, 6) is 0.788. The van der Waals surface area contributed by atoms with Gasteiger partial charge in [-0.15, -0.1) is 0 Å². The molecule has 0 aliphatic carbocycles. The van der Waals surface area contributed by atoms with Crippen LogP contribution in [0.5, 0.6) is 5.75 Å². The van der Waals surface area contributed by atoms with E-state index in [-0.39, 0.29) is 17.9 Å². The average Bonchev–Trinajstić information content (AvgIpc) is 3.15. The number of carbonyl (C=O) groups is 1. The highest BCUT2D eigenvalue weighted by molar-refractivity contribution is 5.91. The van der Waals surface area contributed by atoms with E-state index in [1.54, 1.807) is 0 Å². The molecule has 2 saturated heterocycles. The summed E-state index contributed by atoms with van der Waals surface area (Å²) in [5, 5.41) is 2.36. The fourth-order valence-electron chi connectivity index (χ4n) is 6.72. The number of methoxy groups -OCH3 is 1. The van der Waals surface area contributed by atoms with E-state index in [2.05, 4.69) is 72.5 Å². The third kappa shape index (κ3) is 2.62. The molecule has 0 amide bonds. The molecule has 2 fully saturated rings. The lowest BCUT2D eigenvalue weighted by Crippen LogP contribution is -2.48. The molecular weight excluding hydrogens is 398 g/mol. The second kappa shape index (κ2) is 7.35. The van der Waals surface area contributed by atoms with Crippen LogP contribution in [-0.4, -0.2) is 37.2 Å². The van der Waals surface area contributed by atoms with Gasteiger partial charge in [0.15, 0.2) is 0 Å². The first-order valence-electron chi connectivity index (χ1n) is 11.7. The molecule has 0 spiro atoms. The molecule has 4 heteroatoms. The van der Waals surface area contributed by atoms with Crippen LogP contribution in [0.2, 0.25) is 0 Å². The topological polar surface area (TPSA) is 38.8 Å². The Labute approximate surface area is 189 Å². The normalized spacial score (nSPS) is 29.0. The Morgan fingerprint density at radius 3 is 2.69 bits per heavy atom. The zero-order chi connectivity index (χ0) is 21.9. The van der Waals surface area contributed by atoms with Gasteiger partial charge in [0.2, 0.25) is 0 Å². The van der Waals surface area contributed by atoms with Crippen molar-refractivity contribution in [3.05, 3.63) is 77.4 Å². The van der Waals surface area contributed by atoms with Crippen LogP contribution in [0.4, 0.5) is 0 Å². The van der Waals surface area contributed by atoms with Crippen LogP contribution < -0.4 is 4.74 Å². The monoisotopic (exact) mass is 427 g/mol. The van der Waals surface area contributed by atoms with Crippen LogP contribution in [0.3, 0.4) is 0 Å². The number of carbonyl (C=O) groups excluding carboxylic acids is 1. The van der Waals surface area contributed by atoms with E-state index in [1.807, 2.05) is 0 Å². The number of nitrogens with zero attached hydrogens (tertiary/aromatic N) is 1. The Morgan fingerprint density at radius 1 is 1.06 bits per heavy atom. The van der Waals surface area contributed by atoms with Crippen molar-refractivity contribution in [2.75, 3.05) is 20.3 Å². The maximum Gasteiger partial charge on any atom is 0.317 e. The number of rotatable bonds is 2. The summed E-state index contributed by atoms with van der Waals surface area (Å²) in [4.78, 5) is 16.4. The van der Waals surface area contributed by atoms with Gasteiger partial charge in [0.1, 0.15) is 17.8 Å². The molecule has 3 aliphatic heterocycles. The second-order valence-corrected chi connectivity index (χ2v) is 9.61. The van der Waals surface area contributed by atoms with Crippen molar-refractivity contribution in [1.29, 1.82) is 0 Å². The van der Waals surface area contributed by atoms with Gasteiger partial charge < -0.3 is 9.47 Å². The number of ether oxygens (including phenoxy) is 2. The van der Waals surface area contributed by atoms with Crippen LogP contribution in [0.15, 0.2) is 60.7 Å². The summed E-state index contributed by atoms with van der Waals surface area (Å²) in [5.41, 5.74) is 2.83. The molecule has 4 nitrogen and oxygen atoms in total. The number of hydrogen-bond donors (Lipinski definition) is 0. The molecule has 0 radical (unpaired) electrons. The standard InChI is InChI=1S/C28H29NO3/c1-18-10-12-20(13-11-18)25-22-9-5-6-16-29(22)26-24-21-8-4-3-7-19(21)14-15-23(24)32-17-28(25,26)27(30)31-2/h3-4,7-8,10-15,22,25-26H,5-6,9,16-17H2,1-2H3/t22-,25-,26-,28+/m1/s1. The molecule has 0 bridgehead atoms. The zero-order valence-corrected chi connectivity index (χ0v) is 18.7. The van der Waals surface area contributed by atoms with E-state index in [9.17, 15) is 4.79 Å². The van der Waals surface area contributed by atoms with Gasteiger partial charge in [0.25, 0.3) is 0 Å². The van der Waals surface area contributed by atoms with Gasteiger partial charge in [-0.25, -0.2) is 0 Å². The predicted molar refractivity (Wildman–Crippen MR) is 125 cm³/mol. The number of hydrogen-bond acceptors (Lipinski definition) is 4. The van der Waals surface area contributed by atoms with Gasteiger partial charge in [-0.2, -0.15) is 0 Å². The largest absolute Gasteiger partial charge is 0.492 e. The highest BCUT2D eigenvalue weighted by atomic mass is 16.5. The van der Waals surface area contributed by atoms with Crippen molar-refractivity contribution in [1.82, 2.24) is 4.90 Å². The van der Waals surface area contributed by atoms with Crippen LogP contribution in [0.1, 0.15) is 47.9 Å². The summed E-state index contributed by atoms with van der Waals surface area (Å²) in [6.07, 6.45) is 3.44. The minimum atomic E-state index is -0.768. The highest BCUT2D eigenvalue weighted by Crippen LogP contribution is 2.64. The predicted octanol–water partition coefficient (Wildman–Crippen LogP) is 5.39. The highest BCUT2D eigenvalue weighted by Gasteiger charge is 2.67. The van der Waals surface area contributed by atoms with Gasteiger partial charge in [-0.05, 0) is 48.7 Å². The lowest BCUT2D eigenvalue weighted by molar-refractivity contribution is -0.159. The summed E-state index contributed by atoms with van der Waals surface area (Å²) >= 11 is 0. The van der Waals surface area contributed by atoms with Gasteiger partial charge in [-0.3, -0.25) is 9.69 Å². The van der Waals surface area contributed by atoms with E-state index in [1.165, 1.54) is 35.4 Å². The number of piperidine rings is 1. The third-order valence-electron chi connectivity index (χ3n) is 8.02. The van der Waals surface area contributed by atoms with Gasteiger partial charge in [0, 0.05) is 17.5 Å². The van der Waals surface area contributed by atoms with Crippen LogP contribution in [-0.2, 0) is 9.53 Å². The first kappa shape index (κ1) is 19.8. The Bertz CT molecular complexity index is 1190. The van der Waals surface area contributed by atoms with E-state index in [0.29, 0.717) is 12.6 Å². The second-order valence-electron chi connectivity index (χ2n) is 9.61. The molecule has 3 aromatic rings. The molecule has 3 aliphatic rings. The summed E-state index contributed by atoms with van der Waals surface area (Å²) in [7, 11) is 1.52. The van der Waals surface area contributed by atoms with E-state index >= 15 is 0 Å². The van der Waals surface area contributed by atoms with Gasteiger partial charge in [-0.1, -0.05) is 66.6 Å². The van der Waals surface area contributed by atoms with Gasteiger partial charge >= 0.3 is 5.97 Å². The summed E-state index contributed by atoms with van der Waals surface area (Å²) < 4.78 is 12.0. The lowest BCUT2D eigenvalue weighted by atomic mass is 9.65. The molecule has 3 aromatic carbocycles. The molecule has 3 heterocycles. The van der Waals surface area contributed by atoms with E-state index < -0.39 is 5.41 Å². The quantitative estimate of drug-likeness (QED) is 0.514. The third-order valence-corrected chi connectivity index (χ3v) is 8.02. The molecule has 0 N–H and O–H groups in total. The molecular formula is C28H29NO3. The number of benzene rings is 3. The summed E-state index contributed by atoms with van der Waals surface area (Å²) in [6, 6.07) is 21.6. The molecule has 164 valence electrons. The molecule has 6 rings (SSSR count). The van der Waals surface area contributed by atoms with Crippen molar-refractivity contribution >= 4 is 16.7 Å². The Morgan fingerprint density at radius 2 is 1.88 bits per heavy atom. The van der Waals surface area contributed by atoms with Crippen LogP contribution >= 0.6 is 0 Å². The Hall–Kier alpha value is -2.85. The zero-order valence-electron chi connectivity index (χ0n) is 18.7. The molecule has 0 unspecified atom stereocenters.